The zero-order valence-corrected chi connectivity index (χ0v) is 13.0. The predicted octanol–water partition coefficient (Wildman–Crippen LogP) is 3.56. The highest BCUT2D eigenvalue weighted by Gasteiger charge is 2.23. The second-order valence-electron chi connectivity index (χ2n) is 5.67. The number of nitrogens with one attached hydrogen (secondary N) is 1. The molecule has 1 heterocycles. The molecule has 1 aromatic heterocycles. The Morgan fingerprint density at radius 3 is 2.63 bits per heavy atom. The molecule has 0 saturated heterocycles. The van der Waals surface area contributed by atoms with E-state index in [0.717, 1.165) is 12.8 Å². The summed E-state index contributed by atoms with van der Waals surface area (Å²) < 4.78 is 0. The third kappa shape index (κ3) is 4.46. The van der Waals surface area contributed by atoms with E-state index in [2.05, 4.69) is 22.2 Å². The minimum Gasteiger partial charge on any atom is -0.346 e. The smallest absolute Gasteiger partial charge is 0.271 e. The summed E-state index contributed by atoms with van der Waals surface area (Å²) in [6.45, 7) is 10.0. The summed E-state index contributed by atoms with van der Waals surface area (Å²) in [7, 11) is 0. The summed E-state index contributed by atoms with van der Waals surface area (Å²) in [6.07, 6.45) is 3.39. The molecule has 0 radical (unpaired) electrons. The predicted molar refractivity (Wildman–Crippen MR) is 77.6 cm³/mol. The van der Waals surface area contributed by atoms with Gasteiger partial charge in [0.15, 0.2) is 0 Å². The van der Waals surface area contributed by atoms with E-state index in [4.69, 9.17) is 11.6 Å². The fourth-order valence-electron chi connectivity index (χ4n) is 1.87. The standard InChI is InChI=1S/C14H22ClN3O/c1-6-7-14(4,5)18-13(19)11-10(15)8-16-12(17-11)9(2)3/h8-9H,6-7H2,1-5H3,(H,18,19). The molecule has 0 aliphatic carbocycles. The van der Waals surface area contributed by atoms with E-state index in [1.54, 1.807) is 0 Å². The molecule has 0 aliphatic heterocycles. The van der Waals surface area contributed by atoms with Crippen LogP contribution in [0.2, 0.25) is 5.02 Å². The van der Waals surface area contributed by atoms with Crippen molar-refractivity contribution in [2.45, 2.75) is 58.9 Å². The minimum absolute atomic E-state index is 0.160. The van der Waals surface area contributed by atoms with Crippen molar-refractivity contribution in [1.29, 1.82) is 0 Å². The average Bonchev–Trinajstić information content (AvgIpc) is 2.28. The van der Waals surface area contributed by atoms with Gasteiger partial charge in [-0.3, -0.25) is 4.79 Å². The Bertz CT molecular complexity index is 458. The van der Waals surface area contributed by atoms with Gasteiger partial charge in [0.05, 0.1) is 11.2 Å². The van der Waals surface area contributed by atoms with E-state index in [-0.39, 0.29) is 28.1 Å². The number of hydrogen-bond acceptors (Lipinski definition) is 3. The first kappa shape index (κ1) is 15.9. The lowest BCUT2D eigenvalue weighted by molar-refractivity contribution is 0.0903. The summed E-state index contributed by atoms with van der Waals surface area (Å²) >= 11 is 6.02. The molecule has 5 heteroatoms. The molecule has 0 aliphatic rings. The fourth-order valence-corrected chi connectivity index (χ4v) is 2.05. The Morgan fingerprint density at radius 1 is 1.47 bits per heavy atom. The zero-order chi connectivity index (χ0) is 14.6. The van der Waals surface area contributed by atoms with Crippen molar-refractivity contribution in [2.24, 2.45) is 0 Å². The molecule has 0 fully saturated rings. The summed E-state index contributed by atoms with van der Waals surface area (Å²) in [5, 5.41) is 3.25. The number of nitrogens with zero attached hydrogens (tertiary/aromatic N) is 2. The largest absolute Gasteiger partial charge is 0.346 e. The van der Waals surface area contributed by atoms with Gasteiger partial charge in [-0.25, -0.2) is 9.97 Å². The first-order valence-corrected chi connectivity index (χ1v) is 6.99. The first-order chi connectivity index (χ1) is 8.76. The van der Waals surface area contributed by atoms with E-state index < -0.39 is 0 Å². The Labute approximate surface area is 120 Å². The number of halogens is 1. The van der Waals surface area contributed by atoms with Crippen LogP contribution in [-0.4, -0.2) is 21.4 Å². The zero-order valence-electron chi connectivity index (χ0n) is 12.2. The molecule has 1 N–H and O–H groups in total. The quantitative estimate of drug-likeness (QED) is 0.899. The third-order valence-electron chi connectivity index (χ3n) is 2.82. The maximum Gasteiger partial charge on any atom is 0.271 e. The second-order valence-corrected chi connectivity index (χ2v) is 6.07. The summed E-state index contributed by atoms with van der Waals surface area (Å²) in [4.78, 5) is 20.6. The molecular formula is C14H22ClN3O. The monoisotopic (exact) mass is 283 g/mol. The lowest BCUT2D eigenvalue weighted by atomic mass is 9.99. The number of rotatable bonds is 5. The molecule has 1 aromatic rings. The van der Waals surface area contributed by atoms with E-state index in [9.17, 15) is 4.79 Å². The van der Waals surface area contributed by atoms with Crippen LogP contribution in [0, 0.1) is 0 Å². The highest BCUT2D eigenvalue weighted by molar-refractivity contribution is 6.33. The summed E-state index contributed by atoms with van der Waals surface area (Å²) in [5.74, 6) is 0.545. The van der Waals surface area contributed by atoms with E-state index in [1.165, 1.54) is 6.20 Å². The molecule has 0 unspecified atom stereocenters. The number of amides is 1. The summed E-state index contributed by atoms with van der Waals surface area (Å²) in [6, 6.07) is 0. The molecule has 0 spiro atoms. The van der Waals surface area contributed by atoms with Crippen LogP contribution in [0.15, 0.2) is 6.20 Å². The van der Waals surface area contributed by atoms with Gasteiger partial charge in [0.2, 0.25) is 0 Å². The Balaban J connectivity index is 2.96. The van der Waals surface area contributed by atoms with Crippen LogP contribution in [0.4, 0.5) is 0 Å². The van der Waals surface area contributed by atoms with Crippen LogP contribution >= 0.6 is 11.6 Å². The SMILES string of the molecule is CCCC(C)(C)NC(=O)c1nc(C(C)C)ncc1Cl. The first-order valence-electron chi connectivity index (χ1n) is 6.61. The van der Waals surface area contributed by atoms with Crippen LogP contribution < -0.4 is 5.32 Å². The van der Waals surface area contributed by atoms with Crippen molar-refractivity contribution in [3.05, 3.63) is 22.7 Å². The molecule has 0 atom stereocenters. The van der Waals surface area contributed by atoms with E-state index in [0.29, 0.717) is 5.82 Å². The fraction of sp³-hybridized carbons (Fsp3) is 0.643. The van der Waals surface area contributed by atoms with Gasteiger partial charge in [-0.05, 0) is 20.3 Å². The average molecular weight is 284 g/mol. The Kier molecular flexibility index (Phi) is 5.29. The molecule has 0 bridgehead atoms. The van der Waals surface area contributed by atoms with E-state index >= 15 is 0 Å². The highest BCUT2D eigenvalue weighted by Crippen LogP contribution is 2.18. The molecule has 19 heavy (non-hydrogen) atoms. The Morgan fingerprint density at radius 2 is 2.11 bits per heavy atom. The van der Waals surface area contributed by atoms with Crippen molar-refractivity contribution < 1.29 is 4.79 Å². The van der Waals surface area contributed by atoms with Gasteiger partial charge < -0.3 is 5.32 Å². The van der Waals surface area contributed by atoms with Crippen LogP contribution in [0.25, 0.3) is 0 Å². The van der Waals surface area contributed by atoms with Gasteiger partial charge in [0.1, 0.15) is 11.5 Å². The molecule has 1 rings (SSSR count). The van der Waals surface area contributed by atoms with Crippen molar-refractivity contribution >= 4 is 17.5 Å². The van der Waals surface area contributed by atoms with Gasteiger partial charge in [-0.1, -0.05) is 38.8 Å². The third-order valence-corrected chi connectivity index (χ3v) is 3.10. The molecule has 0 saturated carbocycles. The lowest BCUT2D eigenvalue weighted by Crippen LogP contribution is -2.43. The van der Waals surface area contributed by atoms with Crippen LogP contribution in [0.3, 0.4) is 0 Å². The highest BCUT2D eigenvalue weighted by atomic mass is 35.5. The maximum absolute atomic E-state index is 12.2. The van der Waals surface area contributed by atoms with Crippen LogP contribution in [-0.2, 0) is 0 Å². The molecule has 0 aromatic carbocycles. The molecule has 1 amide bonds. The number of carbonyl (C=O) groups excluding carboxylic acids is 1. The van der Waals surface area contributed by atoms with E-state index in [1.807, 2.05) is 27.7 Å². The van der Waals surface area contributed by atoms with Crippen LogP contribution in [0.1, 0.15) is 69.7 Å². The lowest BCUT2D eigenvalue weighted by Gasteiger charge is -2.25. The summed E-state index contributed by atoms with van der Waals surface area (Å²) in [5.41, 5.74) is -0.0116. The topological polar surface area (TPSA) is 54.9 Å². The van der Waals surface area contributed by atoms with Crippen molar-refractivity contribution in [3.8, 4) is 0 Å². The maximum atomic E-state index is 12.2. The number of aromatic nitrogens is 2. The van der Waals surface area contributed by atoms with Gasteiger partial charge in [0.25, 0.3) is 5.91 Å². The van der Waals surface area contributed by atoms with Gasteiger partial charge >= 0.3 is 0 Å². The molecule has 4 nitrogen and oxygen atoms in total. The van der Waals surface area contributed by atoms with Crippen molar-refractivity contribution in [1.82, 2.24) is 15.3 Å². The normalized spacial score (nSPS) is 11.7. The van der Waals surface area contributed by atoms with Crippen LogP contribution in [0.5, 0.6) is 0 Å². The van der Waals surface area contributed by atoms with Crippen molar-refractivity contribution in [3.63, 3.8) is 0 Å². The van der Waals surface area contributed by atoms with Crippen molar-refractivity contribution in [2.75, 3.05) is 0 Å². The second kappa shape index (κ2) is 6.33. The Hall–Kier alpha value is -1.16. The van der Waals surface area contributed by atoms with Gasteiger partial charge in [-0.15, -0.1) is 0 Å². The van der Waals surface area contributed by atoms with Gasteiger partial charge in [0, 0.05) is 11.5 Å². The number of carbonyl (C=O) groups is 1. The molecular weight excluding hydrogens is 262 g/mol. The van der Waals surface area contributed by atoms with Gasteiger partial charge in [-0.2, -0.15) is 0 Å². The number of hydrogen-bond donors (Lipinski definition) is 1. The molecule has 106 valence electrons. The minimum atomic E-state index is -0.266.